The molecule has 212 valence electrons. The quantitative estimate of drug-likeness (QED) is 0.351. The van der Waals surface area contributed by atoms with E-state index in [1.54, 1.807) is 0 Å². The van der Waals surface area contributed by atoms with Crippen LogP contribution in [0.1, 0.15) is 73.2 Å². The number of rotatable bonds is 9. The summed E-state index contributed by atoms with van der Waals surface area (Å²) < 4.78 is 1.08. The number of aryl methyl sites for hydroxylation is 1. The van der Waals surface area contributed by atoms with Crippen LogP contribution in [0, 0.1) is 11.8 Å². The number of amides is 2. The lowest BCUT2D eigenvalue weighted by Crippen LogP contribution is -2.53. The maximum atomic E-state index is 13.6. The monoisotopic (exact) mass is 559 g/mol. The molecular formula is C33H41N3O3S. The predicted molar refractivity (Wildman–Crippen MR) is 161 cm³/mol. The van der Waals surface area contributed by atoms with Gasteiger partial charge in [0.05, 0.1) is 23.4 Å². The number of nitrogens with one attached hydrogen (secondary N) is 2. The smallest absolute Gasteiger partial charge is 0.261 e. The highest BCUT2D eigenvalue weighted by molar-refractivity contribution is 7.20. The molecule has 2 heterocycles. The number of thiophene rings is 1. The van der Waals surface area contributed by atoms with Gasteiger partial charge < -0.3 is 10.6 Å². The molecule has 1 aliphatic carbocycles. The van der Waals surface area contributed by atoms with E-state index in [1.165, 1.54) is 22.5 Å². The molecule has 0 spiro atoms. The van der Waals surface area contributed by atoms with Crippen LogP contribution in [0.15, 0.2) is 54.6 Å². The van der Waals surface area contributed by atoms with Gasteiger partial charge in [-0.05, 0) is 73.2 Å². The average Bonchev–Trinajstić information content (AvgIpc) is 3.28. The number of carbonyl (C=O) groups excluding carboxylic acids is 3. The number of ketones is 1. The molecule has 1 saturated carbocycles. The van der Waals surface area contributed by atoms with Crippen LogP contribution in [0.3, 0.4) is 0 Å². The number of hydrogen-bond donors (Lipinski definition) is 2. The van der Waals surface area contributed by atoms with Crippen molar-refractivity contribution in [3.8, 4) is 0 Å². The third-order valence-electron chi connectivity index (χ3n) is 8.29. The molecule has 40 heavy (non-hydrogen) atoms. The minimum absolute atomic E-state index is 0.0723. The molecule has 0 bridgehead atoms. The molecule has 7 heteroatoms. The SMILES string of the molecule is CC(C)C[C@H](NC(=O)[C@@H]1CCCC[C@@H]1NC(=O)c1cc2ccccc2s1)C(=O)CN1CCCc2ccccc2C1. The molecule has 2 aromatic carbocycles. The lowest BCUT2D eigenvalue weighted by Gasteiger charge is -2.33. The number of benzene rings is 2. The van der Waals surface area contributed by atoms with Crippen molar-refractivity contribution in [2.24, 2.45) is 11.8 Å². The Balaban J connectivity index is 1.24. The van der Waals surface area contributed by atoms with E-state index in [2.05, 4.69) is 53.6 Å². The van der Waals surface area contributed by atoms with Crippen molar-refractivity contribution in [2.45, 2.75) is 77.4 Å². The topological polar surface area (TPSA) is 78.5 Å². The van der Waals surface area contributed by atoms with Gasteiger partial charge in [-0.15, -0.1) is 11.3 Å². The Bertz CT molecular complexity index is 1320. The van der Waals surface area contributed by atoms with Crippen LogP contribution in [0.5, 0.6) is 0 Å². The van der Waals surface area contributed by atoms with Crippen LogP contribution in [0.25, 0.3) is 10.1 Å². The zero-order valence-corrected chi connectivity index (χ0v) is 24.5. The lowest BCUT2D eigenvalue weighted by molar-refractivity contribution is -0.132. The van der Waals surface area contributed by atoms with E-state index in [-0.39, 0.29) is 35.5 Å². The zero-order valence-electron chi connectivity index (χ0n) is 23.7. The van der Waals surface area contributed by atoms with Gasteiger partial charge in [0, 0.05) is 17.3 Å². The number of hydrogen-bond acceptors (Lipinski definition) is 5. The van der Waals surface area contributed by atoms with Gasteiger partial charge in [0.1, 0.15) is 0 Å². The summed E-state index contributed by atoms with van der Waals surface area (Å²) in [5, 5.41) is 7.37. The molecule has 1 fully saturated rings. The van der Waals surface area contributed by atoms with Crippen molar-refractivity contribution in [3.05, 3.63) is 70.6 Å². The summed E-state index contributed by atoms with van der Waals surface area (Å²) in [7, 11) is 0. The Kier molecular flexibility index (Phi) is 9.33. The molecular weight excluding hydrogens is 518 g/mol. The Hall–Kier alpha value is -3.03. The molecule has 0 unspecified atom stereocenters. The highest BCUT2D eigenvalue weighted by Crippen LogP contribution is 2.28. The summed E-state index contributed by atoms with van der Waals surface area (Å²) in [5.74, 6) is -0.222. The summed E-state index contributed by atoms with van der Waals surface area (Å²) in [6.45, 7) is 6.14. The van der Waals surface area contributed by atoms with Crippen molar-refractivity contribution in [1.29, 1.82) is 0 Å². The predicted octanol–water partition coefficient (Wildman–Crippen LogP) is 5.74. The molecule has 2 aliphatic rings. The molecule has 1 aromatic heterocycles. The lowest BCUT2D eigenvalue weighted by atomic mass is 9.83. The van der Waals surface area contributed by atoms with Gasteiger partial charge >= 0.3 is 0 Å². The second kappa shape index (κ2) is 13.1. The van der Waals surface area contributed by atoms with Gasteiger partial charge in [0.15, 0.2) is 5.78 Å². The van der Waals surface area contributed by atoms with E-state index >= 15 is 0 Å². The van der Waals surface area contributed by atoms with E-state index in [0.29, 0.717) is 24.3 Å². The Morgan fingerprint density at radius 1 is 0.975 bits per heavy atom. The minimum atomic E-state index is -0.521. The van der Waals surface area contributed by atoms with Crippen LogP contribution >= 0.6 is 11.3 Å². The fraction of sp³-hybridized carbons (Fsp3) is 0.485. The molecule has 0 saturated heterocycles. The third kappa shape index (κ3) is 6.99. The van der Waals surface area contributed by atoms with Crippen LogP contribution < -0.4 is 10.6 Å². The van der Waals surface area contributed by atoms with Crippen molar-refractivity contribution in [3.63, 3.8) is 0 Å². The Labute approximate surface area is 241 Å². The fourth-order valence-electron chi connectivity index (χ4n) is 6.21. The van der Waals surface area contributed by atoms with E-state index in [1.807, 2.05) is 30.3 Å². The first-order valence-corrected chi connectivity index (χ1v) is 15.6. The summed E-state index contributed by atoms with van der Waals surface area (Å²) in [6, 6.07) is 17.6. The van der Waals surface area contributed by atoms with E-state index in [4.69, 9.17) is 0 Å². The highest BCUT2D eigenvalue weighted by atomic mass is 32.1. The molecule has 2 amide bonds. The van der Waals surface area contributed by atoms with E-state index in [0.717, 1.165) is 55.3 Å². The third-order valence-corrected chi connectivity index (χ3v) is 9.41. The average molecular weight is 560 g/mol. The molecule has 1 aliphatic heterocycles. The van der Waals surface area contributed by atoms with Gasteiger partial charge in [0.2, 0.25) is 5.91 Å². The first-order valence-electron chi connectivity index (χ1n) is 14.8. The Morgan fingerprint density at radius 3 is 2.52 bits per heavy atom. The number of nitrogens with zero attached hydrogens (tertiary/aromatic N) is 1. The van der Waals surface area contributed by atoms with Gasteiger partial charge in [-0.25, -0.2) is 0 Å². The second-order valence-electron chi connectivity index (χ2n) is 11.9. The molecule has 5 rings (SSSR count). The van der Waals surface area contributed by atoms with Crippen molar-refractivity contribution in [1.82, 2.24) is 15.5 Å². The van der Waals surface area contributed by atoms with Crippen LogP contribution in [0.4, 0.5) is 0 Å². The summed E-state index contributed by atoms with van der Waals surface area (Å²) in [6.07, 6.45) is 6.08. The van der Waals surface area contributed by atoms with Crippen molar-refractivity contribution in [2.75, 3.05) is 13.1 Å². The number of fused-ring (bicyclic) bond motifs is 2. The largest absolute Gasteiger partial charge is 0.348 e. The van der Waals surface area contributed by atoms with Crippen LogP contribution in [-0.2, 0) is 22.6 Å². The van der Waals surface area contributed by atoms with Crippen LogP contribution in [0.2, 0.25) is 0 Å². The van der Waals surface area contributed by atoms with Crippen molar-refractivity contribution >= 4 is 39.0 Å². The molecule has 0 radical (unpaired) electrons. The van der Waals surface area contributed by atoms with Gasteiger partial charge in [0.25, 0.3) is 5.91 Å². The Morgan fingerprint density at radius 2 is 1.73 bits per heavy atom. The fourth-order valence-corrected chi connectivity index (χ4v) is 7.17. The van der Waals surface area contributed by atoms with Gasteiger partial charge in [-0.1, -0.05) is 69.2 Å². The summed E-state index contributed by atoms with van der Waals surface area (Å²) in [4.78, 5) is 43.3. The maximum Gasteiger partial charge on any atom is 0.261 e. The van der Waals surface area contributed by atoms with Gasteiger partial charge in [-0.3, -0.25) is 19.3 Å². The highest BCUT2D eigenvalue weighted by Gasteiger charge is 2.35. The van der Waals surface area contributed by atoms with E-state index < -0.39 is 6.04 Å². The minimum Gasteiger partial charge on any atom is -0.348 e. The normalized spacial score (nSPS) is 20.5. The summed E-state index contributed by atoms with van der Waals surface area (Å²) in [5.41, 5.74) is 2.65. The first-order chi connectivity index (χ1) is 19.4. The van der Waals surface area contributed by atoms with Gasteiger partial charge in [-0.2, -0.15) is 0 Å². The maximum absolute atomic E-state index is 13.6. The molecule has 2 N–H and O–H groups in total. The first kappa shape index (κ1) is 28.5. The zero-order chi connectivity index (χ0) is 28.1. The van der Waals surface area contributed by atoms with E-state index in [9.17, 15) is 14.4 Å². The number of carbonyl (C=O) groups is 3. The standard InChI is InChI=1S/C33H41N3O3S/c1-22(2)18-28(29(37)21-36-17-9-13-23-10-3-4-12-25(23)20-36)35-32(38)26-14-6-7-15-27(26)34-33(39)31-19-24-11-5-8-16-30(24)40-31/h3-5,8,10-12,16,19,22,26-28H,6-7,9,13-15,17-18,20-21H2,1-2H3,(H,34,39)(H,35,38)/t26-,27+,28+/m1/s1. The second-order valence-corrected chi connectivity index (χ2v) is 12.9. The molecule has 3 aromatic rings. The van der Waals surface area contributed by atoms with Crippen LogP contribution in [-0.4, -0.2) is 47.7 Å². The van der Waals surface area contributed by atoms with Crippen molar-refractivity contribution < 1.29 is 14.4 Å². The summed E-state index contributed by atoms with van der Waals surface area (Å²) >= 11 is 1.48. The molecule has 3 atom stereocenters. The molecule has 6 nitrogen and oxygen atoms in total. The number of Topliss-reactive ketones (excluding diaryl/α,β-unsaturated/α-hetero) is 1.